The summed E-state index contributed by atoms with van der Waals surface area (Å²) in [5.74, 6) is -0.737. The normalized spacial score (nSPS) is 15.2. The van der Waals surface area contributed by atoms with E-state index < -0.39 is 12.0 Å². The first kappa shape index (κ1) is 26.7. The van der Waals surface area contributed by atoms with Gasteiger partial charge in [0.1, 0.15) is 0 Å². The third kappa shape index (κ3) is 5.94. The molecule has 0 aromatic heterocycles. The molecule has 0 spiro atoms. The van der Waals surface area contributed by atoms with Crippen LogP contribution in [0.4, 0.5) is 10.5 Å². The number of nitrogens with zero attached hydrogens (tertiary/aromatic N) is 1. The minimum Gasteiger partial charge on any atom is -0.463 e. The zero-order valence-electron chi connectivity index (χ0n) is 22.0. The molecule has 1 atom stereocenters. The van der Waals surface area contributed by atoms with E-state index in [4.69, 9.17) is 4.74 Å². The fraction of sp³-hybridized carbons (Fsp3) is 0.258. The first-order chi connectivity index (χ1) is 18.4. The van der Waals surface area contributed by atoms with Crippen LogP contribution in [-0.2, 0) is 9.53 Å². The number of unbranched alkanes of at least 4 members (excludes halogenated alkanes) is 1. The molecule has 2 N–H and O–H groups in total. The second-order valence-electron chi connectivity index (χ2n) is 9.18. The lowest BCUT2D eigenvalue weighted by Crippen LogP contribution is -2.48. The second-order valence-corrected chi connectivity index (χ2v) is 9.18. The van der Waals surface area contributed by atoms with Crippen molar-refractivity contribution >= 4 is 29.3 Å². The molecule has 7 nitrogen and oxygen atoms in total. The number of esters is 1. The zero-order chi connectivity index (χ0) is 27.1. The number of hydrogen-bond donors (Lipinski definition) is 2. The predicted octanol–water partition coefficient (Wildman–Crippen LogP) is 6.09. The summed E-state index contributed by atoms with van der Waals surface area (Å²) in [5, 5.41) is 5.94. The van der Waals surface area contributed by atoms with Crippen molar-refractivity contribution in [2.45, 2.75) is 39.7 Å². The lowest BCUT2D eigenvalue weighted by Gasteiger charge is -2.37. The Morgan fingerprint density at radius 1 is 0.974 bits per heavy atom. The molecule has 1 heterocycles. The minimum absolute atomic E-state index is 0.201. The summed E-state index contributed by atoms with van der Waals surface area (Å²) in [6.07, 6.45) is 1.68. The number of carbonyl (C=O) groups excluding carboxylic acids is 3. The Balaban J connectivity index is 1.78. The lowest BCUT2D eigenvalue weighted by molar-refractivity contribution is -0.138. The van der Waals surface area contributed by atoms with Gasteiger partial charge in [0.05, 0.1) is 23.9 Å². The third-order valence-corrected chi connectivity index (χ3v) is 6.40. The van der Waals surface area contributed by atoms with Crippen molar-refractivity contribution in [3.63, 3.8) is 0 Å². The molecule has 38 heavy (non-hydrogen) atoms. The Kier molecular flexibility index (Phi) is 8.58. The minimum atomic E-state index is -0.758. The fourth-order valence-electron chi connectivity index (χ4n) is 4.47. The highest BCUT2D eigenvalue weighted by atomic mass is 16.5. The molecule has 1 unspecified atom stereocenters. The van der Waals surface area contributed by atoms with Gasteiger partial charge >= 0.3 is 12.0 Å². The highest BCUT2D eigenvalue weighted by molar-refractivity contribution is 6.05. The van der Waals surface area contributed by atoms with Crippen LogP contribution in [-0.4, -0.2) is 36.0 Å². The molecule has 0 saturated carbocycles. The Bertz CT molecular complexity index is 1330. The van der Waals surface area contributed by atoms with Gasteiger partial charge in [0, 0.05) is 17.8 Å². The predicted molar refractivity (Wildman–Crippen MR) is 148 cm³/mol. The van der Waals surface area contributed by atoms with Crippen LogP contribution in [0, 0.1) is 6.92 Å². The van der Waals surface area contributed by atoms with Crippen molar-refractivity contribution in [1.29, 1.82) is 0 Å². The maximum Gasteiger partial charge on any atom is 0.338 e. The summed E-state index contributed by atoms with van der Waals surface area (Å²) in [6, 6.07) is 22.9. The molecular weight excluding hydrogens is 478 g/mol. The molecule has 196 valence electrons. The number of benzene rings is 3. The van der Waals surface area contributed by atoms with Gasteiger partial charge < -0.3 is 15.4 Å². The highest BCUT2D eigenvalue weighted by Gasteiger charge is 2.38. The van der Waals surface area contributed by atoms with E-state index in [2.05, 4.69) is 17.6 Å². The molecule has 0 aliphatic carbocycles. The number of ether oxygens (including phenoxy) is 1. The summed E-state index contributed by atoms with van der Waals surface area (Å²) in [6.45, 7) is 6.44. The molecule has 1 aliphatic rings. The van der Waals surface area contributed by atoms with Crippen molar-refractivity contribution in [2.75, 3.05) is 18.5 Å². The van der Waals surface area contributed by atoms with Gasteiger partial charge in [-0.15, -0.1) is 0 Å². The topological polar surface area (TPSA) is 87.7 Å². The summed E-state index contributed by atoms with van der Waals surface area (Å²) in [7, 11) is 0. The number of rotatable bonds is 9. The molecular formula is C31H33N3O4. The van der Waals surface area contributed by atoms with E-state index in [0.717, 1.165) is 24.0 Å². The largest absolute Gasteiger partial charge is 0.463 e. The molecule has 0 radical (unpaired) electrons. The van der Waals surface area contributed by atoms with Crippen molar-refractivity contribution in [2.24, 2.45) is 0 Å². The second kappa shape index (κ2) is 12.2. The lowest BCUT2D eigenvalue weighted by atomic mass is 9.91. The van der Waals surface area contributed by atoms with Gasteiger partial charge in [-0.05, 0) is 55.7 Å². The van der Waals surface area contributed by atoms with Gasteiger partial charge in [-0.25, -0.2) is 9.59 Å². The molecule has 0 saturated heterocycles. The summed E-state index contributed by atoms with van der Waals surface area (Å²) < 4.78 is 5.49. The van der Waals surface area contributed by atoms with Crippen LogP contribution >= 0.6 is 0 Å². The van der Waals surface area contributed by atoms with E-state index in [9.17, 15) is 14.4 Å². The van der Waals surface area contributed by atoms with Crippen molar-refractivity contribution in [3.8, 4) is 0 Å². The Morgan fingerprint density at radius 3 is 2.39 bits per heavy atom. The quantitative estimate of drug-likeness (QED) is 0.341. The average Bonchev–Trinajstić information content (AvgIpc) is 2.93. The molecule has 7 heteroatoms. The van der Waals surface area contributed by atoms with Crippen LogP contribution in [0.2, 0.25) is 0 Å². The fourth-order valence-corrected chi connectivity index (χ4v) is 4.47. The number of hydrogen-bond acceptors (Lipinski definition) is 4. The van der Waals surface area contributed by atoms with E-state index in [-0.39, 0.29) is 18.5 Å². The summed E-state index contributed by atoms with van der Waals surface area (Å²) >= 11 is 0. The van der Waals surface area contributed by atoms with Crippen molar-refractivity contribution in [3.05, 3.63) is 107 Å². The smallest absolute Gasteiger partial charge is 0.338 e. The molecule has 3 amide bonds. The molecule has 0 bridgehead atoms. The molecule has 1 aliphatic heterocycles. The van der Waals surface area contributed by atoms with Gasteiger partial charge in [-0.2, -0.15) is 0 Å². The molecule has 3 aromatic rings. The monoisotopic (exact) mass is 511 g/mol. The van der Waals surface area contributed by atoms with Gasteiger partial charge in [-0.1, -0.05) is 73.5 Å². The number of urea groups is 1. The maximum atomic E-state index is 13.4. The molecule has 3 aromatic carbocycles. The number of nitrogens with one attached hydrogen (secondary N) is 2. The van der Waals surface area contributed by atoms with Crippen molar-refractivity contribution in [1.82, 2.24) is 10.2 Å². The number of carbonyl (C=O) groups is 3. The van der Waals surface area contributed by atoms with E-state index in [0.29, 0.717) is 34.6 Å². The van der Waals surface area contributed by atoms with E-state index >= 15 is 0 Å². The number of aryl methyl sites for hydroxylation is 1. The first-order valence-corrected chi connectivity index (χ1v) is 13.0. The first-order valence-electron chi connectivity index (χ1n) is 13.0. The summed E-state index contributed by atoms with van der Waals surface area (Å²) in [4.78, 5) is 41.3. The van der Waals surface area contributed by atoms with E-state index in [1.807, 2.05) is 55.5 Å². The summed E-state index contributed by atoms with van der Waals surface area (Å²) in [5.41, 5.74) is 4.48. The van der Waals surface area contributed by atoms with Crippen LogP contribution in [0.1, 0.15) is 59.8 Å². The molecule has 4 rings (SSSR count). The highest BCUT2D eigenvalue weighted by Crippen LogP contribution is 2.37. The van der Waals surface area contributed by atoms with Crippen LogP contribution in [0.5, 0.6) is 0 Å². The van der Waals surface area contributed by atoms with Gasteiger partial charge in [0.15, 0.2) is 0 Å². The van der Waals surface area contributed by atoms with Crippen LogP contribution < -0.4 is 10.6 Å². The van der Waals surface area contributed by atoms with Crippen molar-refractivity contribution < 1.29 is 19.1 Å². The molecule has 0 fully saturated rings. The standard InChI is InChI=1S/C31H33N3O4/c1-4-6-19-34-28(22-11-8-7-9-12-22)26(30(36)38-5-2)27(33-31(34)37)24-13-10-14-25(20-24)32-29(35)23-17-15-21(3)16-18-23/h7-18,20,27H,4-6,19H2,1-3H3,(H,32,35)(H,33,37). The van der Waals surface area contributed by atoms with E-state index in [1.165, 1.54) is 0 Å². The Morgan fingerprint density at radius 2 is 1.71 bits per heavy atom. The van der Waals surface area contributed by atoms with Crippen LogP contribution in [0.25, 0.3) is 5.70 Å². The maximum absolute atomic E-state index is 13.4. The van der Waals surface area contributed by atoms with Gasteiger partial charge in [0.2, 0.25) is 0 Å². The van der Waals surface area contributed by atoms with Gasteiger partial charge in [-0.3, -0.25) is 9.69 Å². The van der Waals surface area contributed by atoms with Crippen LogP contribution in [0.15, 0.2) is 84.4 Å². The Hall–Kier alpha value is -4.39. The number of amides is 3. The number of anilines is 1. The SMILES string of the molecule is CCCCN1C(=O)NC(c2cccc(NC(=O)c3ccc(C)cc3)c2)C(C(=O)OCC)=C1c1ccccc1. The zero-order valence-corrected chi connectivity index (χ0v) is 22.0. The van der Waals surface area contributed by atoms with Crippen LogP contribution in [0.3, 0.4) is 0 Å². The average molecular weight is 512 g/mol. The van der Waals surface area contributed by atoms with Gasteiger partial charge in [0.25, 0.3) is 5.91 Å². The third-order valence-electron chi connectivity index (χ3n) is 6.40. The van der Waals surface area contributed by atoms with E-state index in [1.54, 1.807) is 42.2 Å². The Labute approximate surface area is 223 Å².